The van der Waals surface area contributed by atoms with Gasteiger partial charge in [0.1, 0.15) is 11.6 Å². The van der Waals surface area contributed by atoms with Gasteiger partial charge < -0.3 is 5.32 Å². The molecule has 1 N–H and O–H groups in total. The number of piperidine rings is 1. The molecule has 33 heavy (non-hydrogen) atoms. The molecular formula is C24H27F2N5OS. The largest absolute Gasteiger partial charge is 0.325 e. The Morgan fingerprint density at radius 3 is 2.27 bits per heavy atom. The molecule has 3 aromatic rings. The molecule has 6 nitrogen and oxygen atoms in total. The molecule has 1 aromatic heterocycles. The Hall–Kier alpha value is -2.78. The average molecular weight is 472 g/mol. The van der Waals surface area contributed by atoms with Crippen LogP contribution in [0.5, 0.6) is 0 Å². The van der Waals surface area contributed by atoms with Gasteiger partial charge in [0.05, 0.1) is 11.8 Å². The highest BCUT2D eigenvalue weighted by Gasteiger charge is 2.24. The van der Waals surface area contributed by atoms with Crippen LogP contribution in [0.1, 0.15) is 38.4 Å². The zero-order valence-electron chi connectivity index (χ0n) is 18.5. The monoisotopic (exact) mass is 471 g/mol. The number of anilines is 1. The molecule has 0 radical (unpaired) electrons. The number of likely N-dealkylation sites (tertiary alicyclic amines) is 1. The number of hydrogen-bond acceptors (Lipinski definition) is 5. The van der Waals surface area contributed by atoms with E-state index in [9.17, 15) is 13.6 Å². The van der Waals surface area contributed by atoms with Gasteiger partial charge in [-0.2, -0.15) is 0 Å². The topological polar surface area (TPSA) is 63.1 Å². The summed E-state index contributed by atoms with van der Waals surface area (Å²) >= 11 is 1.32. The maximum Gasteiger partial charge on any atom is 0.237 e. The Kier molecular flexibility index (Phi) is 7.72. The van der Waals surface area contributed by atoms with Gasteiger partial charge in [-0.05, 0) is 80.9 Å². The predicted octanol–water partition coefficient (Wildman–Crippen LogP) is 5.04. The van der Waals surface area contributed by atoms with Gasteiger partial charge >= 0.3 is 0 Å². The number of nitrogens with zero attached hydrogens (tertiary/aromatic N) is 4. The zero-order valence-corrected chi connectivity index (χ0v) is 19.3. The Bertz CT molecular complexity index is 1070. The number of aromatic nitrogens is 3. The lowest BCUT2D eigenvalue weighted by molar-refractivity contribution is -0.115. The smallest absolute Gasteiger partial charge is 0.237 e. The second-order valence-corrected chi connectivity index (χ2v) is 9.23. The minimum absolute atomic E-state index is 0.194. The minimum atomic E-state index is -0.429. The summed E-state index contributed by atoms with van der Waals surface area (Å²) in [7, 11) is 0. The van der Waals surface area contributed by atoms with Gasteiger partial charge in [-0.1, -0.05) is 25.1 Å². The van der Waals surface area contributed by atoms with Crippen LogP contribution in [0.2, 0.25) is 0 Å². The Labute approximate surface area is 196 Å². The van der Waals surface area contributed by atoms with Gasteiger partial charge in [0.25, 0.3) is 0 Å². The van der Waals surface area contributed by atoms with E-state index in [0.29, 0.717) is 23.8 Å². The molecule has 9 heteroatoms. The van der Waals surface area contributed by atoms with E-state index >= 15 is 0 Å². The van der Waals surface area contributed by atoms with Crippen molar-refractivity contribution in [2.75, 3.05) is 18.4 Å². The van der Waals surface area contributed by atoms with E-state index < -0.39 is 5.25 Å². The van der Waals surface area contributed by atoms with Gasteiger partial charge in [-0.15, -0.1) is 10.2 Å². The van der Waals surface area contributed by atoms with E-state index in [2.05, 4.69) is 20.4 Å². The molecule has 1 saturated heterocycles. The molecule has 0 spiro atoms. The summed E-state index contributed by atoms with van der Waals surface area (Å²) in [5.74, 6) is -0.105. The van der Waals surface area contributed by atoms with Crippen LogP contribution in [0, 0.1) is 11.6 Å². The van der Waals surface area contributed by atoms with Crippen LogP contribution < -0.4 is 5.32 Å². The SMILES string of the molecule is CCC(Sc1nnc(CN2CCCCC2)n1-c1ccc(F)cc1)C(=O)Nc1ccc(F)cc1. The summed E-state index contributed by atoms with van der Waals surface area (Å²) in [6, 6.07) is 11.9. The number of nitrogens with one attached hydrogen (secondary N) is 1. The van der Waals surface area contributed by atoms with E-state index in [0.717, 1.165) is 37.4 Å². The maximum atomic E-state index is 13.6. The van der Waals surface area contributed by atoms with Crippen molar-refractivity contribution in [1.82, 2.24) is 19.7 Å². The molecule has 2 aromatic carbocycles. The summed E-state index contributed by atoms with van der Waals surface area (Å²) in [6.07, 6.45) is 4.13. The summed E-state index contributed by atoms with van der Waals surface area (Å²) in [5.41, 5.74) is 1.29. The third-order valence-electron chi connectivity index (χ3n) is 5.62. The standard InChI is InChI=1S/C24H27F2N5OS/c1-2-21(23(32)27-19-10-6-17(25)7-11-19)33-24-29-28-22(16-30-14-4-3-5-15-30)31(24)20-12-8-18(26)9-13-20/h6-13,21H,2-5,14-16H2,1H3,(H,27,32). The third kappa shape index (κ3) is 5.97. The first kappa shape index (κ1) is 23.4. The lowest BCUT2D eigenvalue weighted by Gasteiger charge is -2.26. The Balaban J connectivity index is 1.57. The molecule has 0 aliphatic carbocycles. The van der Waals surface area contributed by atoms with Gasteiger partial charge in [0.2, 0.25) is 5.91 Å². The number of hydrogen-bond donors (Lipinski definition) is 1. The van der Waals surface area contributed by atoms with Gasteiger partial charge in [0, 0.05) is 11.4 Å². The average Bonchev–Trinajstić information content (AvgIpc) is 3.22. The Morgan fingerprint density at radius 1 is 1.00 bits per heavy atom. The zero-order chi connectivity index (χ0) is 23.2. The quantitative estimate of drug-likeness (QED) is 0.467. The molecule has 0 saturated carbocycles. The summed E-state index contributed by atoms with van der Waals surface area (Å²) in [6.45, 7) is 4.59. The van der Waals surface area contributed by atoms with Crippen molar-refractivity contribution in [3.8, 4) is 5.69 Å². The van der Waals surface area contributed by atoms with Crippen LogP contribution in [0.25, 0.3) is 5.69 Å². The van der Waals surface area contributed by atoms with E-state index in [-0.39, 0.29) is 17.5 Å². The number of carbonyl (C=O) groups is 1. The molecule has 1 unspecified atom stereocenters. The van der Waals surface area contributed by atoms with Crippen LogP contribution in [0.3, 0.4) is 0 Å². The highest BCUT2D eigenvalue weighted by Crippen LogP contribution is 2.29. The second kappa shape index (κ2) is 10.9. The minimum Gasteiger partial charge on any atom is -0.325 e. The van der Waals surface area contributed by atoms with Crippen molar-refractivity contribution in [1.29, 1.82) is 0 Å². The van der Waals surface area contributed by atoms with E-state index in [1.54, 1.807) is 12.1 Å². The van der Waals surface area contributed by atoms with E-state index in [1.165, 1.54) is 54.6 Å². The molecule has 4 rings (SSSR count). The molecule has 1 amide bonds. The first-order valence-corrected chi connectivity index (χ1v) is 12.1. The highest BCUT2D eigenvalue weighted by atomic mass is 32.2. The second-order valence-electron chi connectivity index (χ2n) is 8.06. The van der Waals surface area contributed by atoms with Crippen LogP contribution in [0.15, 0.2) is 53.7 Å². The molecule has 0 bridgehead atoms. The third-order valence-corrected chi connectivity index (χ3v) is 6.93. The highest BCUT2D eigenvalue weighted by molar-refractivity contribution is 8.00. The summed E-state index contributed by atoms with van der Waals surface area (Å²) in [4.78, 5) is 15.3. The van der Waals surface area contributed by atoms with Crippen LogP contribution in [-0.2, 0) is 11.3 Å². The number of amides is 1. The normalized spacial score (nSPS) is 15.4. The number of rotatable bonds is 8. The van der Waals surface area contributed by atoms with E-state index in [1.807, 2.05) is 11.5 Å². The summed E-state index contributed by atoms with van der Waals surface area (Å²) in [5, 5.41) is 11.8. The van der Waals surface area contributed by atoms with Crippen molar-refractivity contribution in [3.05, 3.63) is 66.0 Å². The molecule has 1 aliphatic heterocycles. The Morgan fingerprint density at radius 2 is 1.64 bits per heavy atom. The van der Waals surface area contributed by atoms with Crippen molar-refractivity contribution in [2.24, 2.45) is 0 Å². The van der Waals surface area contributed by atoms with Crippen molar-refractivity contribution < 1.29 is 13.6 Å². The summed E-state index contributed by atoms with van der Waals surface area (Å²) < 4.78 is 28.7. The fraction of sp³-hybridized carbons (Fsp3) is 0.375. The number of benzene rings is 2. The van der Waals surface area contributed by atoms with Crippen molar-refractivity contribution >= 4 is 23.4 Å². The first-order chi connectivity index (χ1) is 16.0. The van der Waals surface area contributed by atoms with E-state index in [4.69, 9.17) is 0 Å². The molecule has 1 aliphatic rings. The molecular weight excluding hydrogens is 444 g/mol. The van der Waals surface area contributed by atoms with Crippen molar-refractivity contribution in [3.63, 3.8) is 0 Å². The van der Waals surface area contributed by atoms with Gasteiger partial charge in [-0.25, -0.2) is 8.78 Å². The number of carbonyl (C=O) groups excluding carboxylic acids is 1. The van der Waals surface area contributed by atoms with Gasteiger partial charge in [0.15, 0.2) is 11.0 Å². The van der Waals surface area contributed by atoms with Crippen LogP contribution >= 0.6 is 11.8 Å². The van der Waals surface area contributed by atoms with Gasteiger partial charge in [-0.3, -0.25) is 14.3 Å². The predicted molar refractivity (Wildman–Crippen MR) is 125 cm³/mol. The van der Waals surface area contributed by atoms with Crippen LogP contribution in [-0.4, -0.2) is 43.9 Å². The lowest BCUT2D eigenvalue weighted by atomic mass is 10.1. The number of halogens is 2. The first-order valence-electron chi connectivity index (χ1n) is 11.2. The van der Waals surface area contributed by atoms with Crippen LogP contribution in [0.4, 0.5) is 14.5 Å². The maximum absolute atomic E-state index is 13.6. The number of thioether (sulfide) groups is 1. The molecule has 174 valence electrons. The lowest BCUT2D eigenvalue weighted by Crippen LogP contribution is -2.30. The molecule has 2 heterocycles. The fourth-order valence-electron chi connectivity index (χ4n) is 3.85. The van der Waals surface area contributed by atoms with Crippen molar-refractivity contribution in [2.45, 2.75) is 49.6 Å². The molecule has 1 atom stereocenters. The molecule has 1 fully saturated rings. The fourth-order valence-corrected chi connectivity index (χ4v) is 4.84.